The van der Waals surface area contributed by atoms with Gasteiger partial charge in [0.1, 0.15) is 19.3 Å². The van der Waals surface area contributed by atoms with E-state index in [2.05, 4.69) is 38.2 Å². The summed E-state index contributed by atoms with van der Waals surface area (Å²) in [5.41, 5.74) is 0. The van der Waals surface area contributed by atoms with Gasteiger partial charge in [-0.1, -0.05) is 179 Å². The van der Waals surface area contributed by atoms with Crippen molar-refractivity contribution in [2.45, 2.75) is 213 Å². The fraction of sp³-hybridized carbons (Fsp3) is 0.891. The molecule has 0 aromatic carbocycles. The summed E-state index contributed by atoms with van der Waals surface area (Å²) in [7, 11) is 1.36. The topological polar surface area (TPSA) is 94.1 Å². The molecular formula is C46H90NO7P. The van der Waals surface area contributed by atoms with Crippen LogP contribution in [-0.4, -0.2) is 70.7 Å². The zero-order valence-electron chi connectivity index (χ0n) is 36.9. The Morgan fingerprint density at radius 2 is 1.00 bits per heavy atom. The lowest BCUT2D eigenvalue weighted by atomic mass is 10.0. The number of rotatable bonds is 43. The minimum Gasteiger partial charge on any atom is -0.756 e. The number of allylic oxidation sites excluding steroid dienone is 4. The Labute approximate surface area is 341 Å². The molecule has 55 heavy (non-hydrogen) atoms. The second-order valence-electron chi connectivity index (χ2n) is 16.8. The van der Waals surface area contributed by atoms with E-state index in [1.165, 1.54) is 148 Å². The molecule has 0 amide bonds. The first-order valence-corrected chi connectivity index (χ1v) is 24.5. The van der Waals surface area contributed by atoms with E-state index in [1.54, 1.807) is 0 Å². The summed E-state index contributed by atoms with van der Waals surface area (Å²) in [6.07, 6.45) is 44.9. The minimum absolute atomic E-state index is 0.0279. The lowest BCUT2D eigenvalue weighted by Gasteiger charge is -2.28. The second-order valence-corrected chi connectivity index (χ2v) is 18.2. The van der Waals surface area contributed by atoms with Crippen LogP contribution in [0.3, 0.4) is 0 Å². The Morgan fingerprint density at radius 1 is 0.564 bits per heavy atom. The Balaban J connectivity index is 4.03. The van der Waals surface area contributed by atoms with E-state index in [4.69, 9.17) is 18.5 Å². The summed E-state index contributed by atoms with van der Waals surface area (Å²) in [5.74, 6) is -0.336. The van der Waals surface area contributed by atoms with Crippen molar-refractivity contribution in [2.24, 2.45) is 0 Å². The zero-order valence-corrected chi connectivity index (χ0v) is 37.8. The SMILES string of the molecule is CCCCCCC/C=C\C/C=C\CCCCCCCCCCCCCCOCC(COP(=O)([O-])OCC[N+](C)(C)C)OC(=O)CCCCCCCCCCC. The maximum absolute atomic E-state index is 12.6. The number of carbonyl (C=O) groups excluding carboxylic acids is 1. The second kappa shape index (κ2) is 39.8. The third kappa shape index (κ3) is 43.9. The number of unbranched alkanes of at least 4 members (excludes halogenated alkanes) is 25. The first-order chi connectivity index (χ1) is 26.6. The number of phosphoric acid groups is 1. The molecule has 0 aliphatic heterocycles. The molecule has 0 fully saturated rings. The maximum atomic E-state index is 12.6. The van der Waals surface area contributed by atoms with Crippen LogP contribution in [0, 0.1) is 0 Å². The minimum atomic E-state index is -4.52. The number of hydrogen-bond donors (Lipinski definition) is 0. The molecule has 0 saturated heterocycles. The molecule has 0 saturated carbocycles. The van der Waals surface area contributed by atoms with Crippen molar-refractivity contribution >= 4 is 13.8 Å². The van der Waals surface area contributed by atoms with Crippen LogP contribution >= 0.6 is 7.82 Å². The quantitative estimate of drug-likeness (QED) is 0.0199. The van der Waals surface area contributed by atoms with Crippen LogP contribution in [0.5, 0.6) is 0 Å². The third-order valence-corrected chi connectivity index (χ3v) is 11.0. The zero-order chi connectivity index (χ0) is 40.6. The van der Waals surface area contributed by atoms with Crippen LogP contribution in [0.2, 0.25) is 0 Å². The predicted octanol–water partition coefficient (Wildman–Crippen LogP) is 13.0. The van der Waals surface area contributed by atoms with Gasteiger partial charge in [-0.15, -0.1) is 0 Å². The summed E-state index contributed by atoms with van der Waals surface area (Å²) in [4.78, 5) is 24.9. The lowest BCUT2D eigenvalue weighted by Crippen LogP contribution is -2.37. The van der Waals surface area contributed by atoms with E-state index in [-0.39, 0.29) is 25.8 Å². The van der Waals surface area contributed by atoms with E-state index in [9.17, 15) is 14.3 Å². The molecule has 0 aliphatic rings. The monoisotopic (exact) mass is 800 g/mol. The molecule has 8 nitrogen and oxygen atoms in total. The molecule has 0 N–H and O–H groups in total. The van der Waals surface area contributed by atoms with Gasteiger partial charge in [0.2, 0.25) is 0 Å². The number of esters is 1. The molecule has 0 spiro atoms. The van der Waals surface area contributed by atoms with Crippen LogP contribution in [0.4, 0.5) is 0 Å². The van der Waals surface area contributed by atoms with Crippen molar-refractivity contribution in [1.82, 2.24) is 0 Å². The van der Waals surface area contributed by atoms with E-state index < -0.39 is 13.9 Å². The van der Waals surface area contributed by atoms with E-state index in [0.29, 0.717) is 24.1 Å². The molecule has 326 valence electrons. The number of phosphoric ester groups is 1. The highest BCUT2D eigenvalue weighted by Gasteiger charge is 2.20. The van der Waals surface area contributed by atoms with Crippen molar-refractivity contribution in [3.63, 3.8) is 0 Å². The van der Waals surface area contributed by atoms with Crippen LogP contribution in [-0.2, 0) is 27.9 Å². The molecular weight excluding hydrogens is 709 g/mol. The standard InChI is InChI=1S/C46H90NO7P/c1-6-8-10-12-14-16-17-18-19-20-21-22-23-24-25-26-27-28-29-30-32-34-36-38-41-51-43-45(44-53-55(49,50)52-42-40-47(3,4)5)54-46(48)39-37-35-33-31-15-13-11-9-7-2/h17-18,20-21,45H,6-16,19,22-44H2,1-5H3/b18-17-,21-20-. The number of quaternary nitrogens is 1. The fourth-order valence-corrected chi connectivity index (χ4v) is 7.13. The van der Waals surface area contributed by atoms with Crippen LogP contribution < -0.4 is 4.89 Å². The number of hydrogen-bond acceptors (Lipinski definition) is 7. The molecule has 0 rings (SSSR count). The van der Waals surface area contributed by atoms with Gasteiger partial charge in [0.05, 0.1) is 34.4 Å². The summed E-state index contributed by atoms with van der Waals surface area (Å²) in [6, 6.07) is 0. The Kier molecular flexibility index (Phi) is 39.1. The van der Waals surface area contributed by atoms with Gasteiger partial charge >= 0.3 is 5.97 Å². The lowest BCUT2D eigenvalue weighted by molar-refractivity contribution is -0.870. The molecule has 0 aromatic rings. The van der Waals surface area contributed by atoms with Gasteiger partial charge in [0.25, 0.3) is 7.82 Å². The average molecular weight is 800 g/mol. The van der Waals surface area contributed by atoms with Gasteiger partial charge in [-0.2, -0.15) is 0 Å². The van der Waals surface area contributed by atoms with Crippen LogP contribution in [0.15, 0.2) is 24.3 Å². The van der Waals surface area contributed by atoms with E-state index in [1.807, 2.05) is 21.1 Å². The van der Waals surface area contributed by atoms with Gasteiger partial charge in [0, 0.05) is 13.0 Å². The highest BCUT2D eigenvalue weighted by Crippen LogP contribution is 2.38. The first-order valence-electron chi connectivity index (χ1n) is 23.1. The van der Waals surface area contributed by atoms with Crippen molar-refractivity contribution in [2.75, 3.05) is 54.1 Å². The maximum Gasteiger partial charge on any atom is 0.306 e. The van der Waals surface area contributed by atoms with Crippen molar-refractivity contribution in [1.29, 1.82) is 0 Å². The normalized spacial score (nSPS) is 13.9. The number of ether oxygens (including phenoxy) is 2. The first kappa shape index (κ1) is 54.0. The van der Waals surface area contributed by atoms with Gasteiger partial charge < -0.3 is 27.9 Å². The van der Waals surface area contributed by atoms with E-state index in [0.717, 1.165) is 38.5 Å². The summed E-state index contributed by atoms with van der Waals surface area (Å²) in [6.45, 7) is 5.40. The van der Waals surface area contributed by atoms with Gasteiger partial charge in [-0.05, 0) is 44.9 Å². The van der Waals surface area contributed by atoms with Crippen LogP contribution in [0.25, 0.3) is 0 Å². The molecule has 0 heterocycles. The Bertz CT molecular complexity index is 936. The summed E-state index contributed by atoms with van der Waals surface area (Å²) >= 11 is 0. The highest BCUT2D eigenvalue weighted by molar-refractivity contribution is 7.45. The van der Waals surface area contributed by atoms with E-state index >= 15 is 0 Å². The molecule has 0 aliphatic carbocycles. The van der Waals surface area contributed by atoms with Crippen molar-refractivity contribution in [3.8, 4) is 0 Å². The van der Waals surface area contributed by atoms with Crippen molar-refractivity contribution < 1.29 is 37.3 Å². The number of likely N-dealkylation sites (N-methyl/N-ethyl adjacent to an activating group) is 1. The molecule has 0 radical (unpaired) electrons. The number of nitrogens with zero attached hydrogens (tertiary/aromatic N) is 1. The Hall–Kier alpha value is -1.02. The highest BCUT2D eigenvalue weighted by atomic mass is 31.2. The molecule has 2 unspecified atom stereocenters. The average Bonchev–Trinajstić information content (AvgIpc) is 3.13. The summed E-state index contributed by atoms with van der Waals surface area (Å²) in [5, 5.41) is 0. The Morgan fingerprint density at radius 3 is 1.47 bits per heavy atom. The smallest absolute Gasteiger partial charge is 0.306 e. The molecule has 9 heteroatoms. The number of carbonyl (C=O) groups is 1. The van der Waals surface area contributed by atoms with Gasteiger partial charge in [-0.25, -0.2) is 0 Å². The van der Waals surface area contributed by atoms with Crippen LogP contribution in [0.1, 0.15) is 206 Å². The molecule has 0 bridgehead atoms. The van der Waals surface area contributed by atoms with Gasteiger partial charge in [0.15, 0.2) is 0 Å². The fourth-order valence-electron chi connectivity index (χ4n) is 6.40. The predicted molar refractivity (Wildman–Crippen MR) is 231 cm³/mol. The molecule has 0 aromatic heterocycles. The largest absolute Gasteiger partial charge is 0.756 e. The molecule has 2 atom stereocenters. The summed E-state index contributed by atoms with van der Waals surface area (Å²) < 4.78 is 34.5. The van der Waals surface area contributed by atoms with Gasteiger partial charge in [-0.3, -0.25) is 9.36 Å². The third-order valence-electron chi connectivity index (χ3n) is 10.0. The van der Waals surface area contributed by atoms with Crippen molar-refractivity contribution in [3.05, 3.63) is 24.3 Å².